The summed E-state index contributed by atoms with van der Waals surface area (Å²) in [5, 5.41) is 3.24. The highest BCUT2D eigenvalue weighted by Crippen LogP contribution is 2.37. The molecule has 1 atom stereocenters. The number of nitrogens with one attached hydrogen (secondary N) is 1. The predicted molar refractivity (Wildman–Crippen MR) is 101 cm³/mol. The molecule has 3 aliphatic rings. The van der Waals surface area contributed by atoms with Gasteiger partial charge in [-0.1, -0.05) is 12.1 Å². The summed E-state index contributed by atoms with van der Waals surface area (Å²) >= 11 is 0. The number of carbonyl (C=O) groups excluding carboxylic acids is 1. The van der Waals surface area contributed by atoms with Gasteiger partial charge in [-0.3, -0.25) is 4.79 Å². The highest BCUT2D eigenvalue weighted by atomic mass is 35.5. The first kappa shape index (κ1) is 19.3. The number of carbonyl (C=O) groups is 1. The monoisotopic (exact) mass is 373 g/mol. The van der Waals surface area contributed by atoms with E-state index >= 15 is 0 Å². The molecule has 1 saturated carbocycles. The Morgan fingerprint density at radius 2 is 1.92 bits per heavy atom. The van der Waals surface area contributed by atoms with Crippen molar-refractivity contribution < 1.29 is 9.53 Å². The average molecular weight is 374 g/mol. The predicted octanol–water partition coefficient (Wildman–Crippen LogP) is 2.08. The molecule has 2 fully saturated rings. The smallest absolute Gasteiger partial charge is 0.257 e. The van der Waals surface area contributed by atoms with Gasteiger partial charge in [0.15, 0.2) is 0 Å². The van der Waals surface area contributed by atoms with Crippen molar-refractivity contribution in [1.82, 2.24) is 5.32 Å². The van der Waals surface area contributed by atoms with E-state index in [2.05, 4.69) is 28.4 Å². The van der Waals surface area contributed by atoms with Crippen molar-refractivity contribution in [2.24, 2.45) is 5.92 Å². The Bertz CT molecular complexity index is 563. The van der Waals surface area contributed by atoms with Crippen LogP contribution >= 0.6 is 24.8 Å². The van der Waals surface area contributed by atoms with Crippen LogP contribution in [-0.4, -0.2) is 51.3 Å². The number of ether oxygens (including phenoxy) is 1. The molecule has 0 aromatic heterocycles. The molecule has 0 radical (unpaired) electrons. The number of nitrogens with zero attached hydrogens (tertiary/aromatic N) is 2. The molecule has 1 saturated heterocycles. The maximum Gasteiger partial charge on any atom is 0.257 e. The lowest BCUT2D eigenvalue weighted by Crippen LogP contribution is -2.53. The summed E-state index contributed by atoms with van der Waals surface area (Å²) in [6, 6.07) is 8.27. The van der Waals surface area contributed by atoms with E-state index < -0.39 is 0 Å². The molecule has 5 nitrogen and oxygen atoms in total. The molecule has 134 valence electrons. The first-order valence-electron chi connectivity index (χ1n) is 8.30. The van der Waals surface area contributed by atoms with E-state index in [4.69, 9.17) is 4.74 Å². The van der Waals surface area contributed by atoms with Gasteiger partial charge in [0.1, 0.15) is 6.10 Å². The van der Waals surface area contributed by atoms with Gasteiger partial charge in [0.2, 0.25) is 0 Å². The zero-order valence-corrected chi connectivity index (χ0v) is 15.3. The molecular weight excluding hydrogens is 349 g/mol. The van der Waals surface area contributed by atoms with Crippen molar-refractivity contribution in [3.8, 4) is 0 Å². The zero-order valence-electron chi connectivity index (χ0n) is 13.6. The molecule has 2 aliphatic heterocycles. The fourth-order valence-corrected chi connectivity index (χ4v) is 3.35. The van der Waals surface area contributed by atoms with Crippen LogP contribution in [0.3, 0.4) is 0 Å². The summed E-state index contributed by atoms with van der Waals surface area (Å²) in [5.74, 6) is 0.937. The fourth-order valence-electron chi connectivity index (χ4n) is 3.35. The molecule has 0 bridgehead atoms. The summed E-state index contributed by atoms with van der Waals surface area (Å²) in [6.45, 7) is 4.85. The van der Waals surface area contributed by atoms with E-state index in [-0.39, 0.29) is 36.8 Å². The minimum atomic E-state index is -0.350. The van der Waals surface area contributed by atoms with Crippen molar-refractivity contribution >= 4 is 42.1 Å². The third-order valence-corrected chi connectivity index (χ3v) is 4.75. The quantitative estimate of drug-likeness (QED) is 0.880. The van der Waals surface area contributed by atoms with Crippen molar-refractivity contribution in [1.29, 1.82) is 0 Å². The molecule has 24 heavy (non-hydrogen) atoms. The maximum atomic E-state index is 12.8. The van der Waals surface area contributed by atoms with Gasteiger partial charge in [0, 0.05) is 32.7 Å². The molecular formula is C17H25Cl2N3O2. The minimum Gasteiger partial charge on any atom is -0.368 e. The lowest BCUT2D eigenvalue weighted by Gasteiger charge is -2.39. The highest BCUT2D eigenvalue weighted by molar-refractivity contribution is 6.00. The van der Waals surface area contributed by atoms with Crippen LogP contribution in [0, 0.1) is 5.92 Å². The van der Waals surface area contributed by atoms with Gasteiger partial charge < -0.3 is 19.9 Å². The molecule has 2 heterocycles. The summed E-state index contributed by atoms with van der Waals surface area (Å²) in [5.41, 5.74) is 2.23. The Hall–Kier alpha value is -1.01. The Labute approximate surface area is 155 Å². The van der Waals surface area contributed by atoms with Crippen molar-refractivity contribution in [3.05, 3.63) is 24.3 Å². The van der Waals surface area contributed by atoms with E-state index in [0.29, 0.717) is 13.2 Å². The van der Waals surface area contributed by atoms with Crippen LogP contribution in [0.1, 0.15) is 12.8 Å². The molecule has 7 heteroatoms. The zero-order chi connectivity index (χ0) is 14.9. The summed E-state index contributed by atoms with van der Waals surface area (Å²) in [4.78, 5) is 17.2. The second-order valence-electron chi connectivity index (χ2n) is 6.43. The third kappa shape index (κ3) is 3.97. The highest BCUT2D eigenvalue weighted by Gasteiger charge is 2.34. The number of anilines is 2. The molecule has 1 aromatic rings. The van der Waals surface area contributed by atoms with E-state index in [9.17, 15) is 4.79 Å². The molecule has 1 aromatic carbocycles. The Morgan fingerprint density at radius 3 is 2.58 bits per heavy atom. The number of morpholine rings is 1. The molecule has 1 amide bonds. The Morgan fingerprint density at radius 1 is 1.17 bits per heavy atom. The number of hydrogen-bond donors (Lipinski definition) is 1. The van der Waals surface area contributed by atoms with Crippen molar-refractivity contribution in [2.45, 2.75) is 18.9 Å². The van der Waals surface area contributed by atoms with E-state index in [1.54, 1.807) is 0 Å². The van der Waals surface area contributed by atoms with Crippen LogP contribution in [0.15, 0.2) is 24.3 Å². The minimum absolute atomic E-state index is 0. The van der Waals surface area contributed by atoms with E-state index in [1.165, 1.54) is 18.5 Å². The standard InChI is InChI=1S/C17H23N3O2.2ClH/c21-17(16-11-18-7-10-22-16)20-9-8-19(12-13-5-6-13)14-3-1-2-4-15(14)20;;/h1-4,13,16,18H,5-12H2;2*1H. The van der Waals surface area contributed by atoms with Gasteiger partial charge in [-0.25, -0.2) is 0 Å². The van der Waals surface area contributed by atoms with Crippen LogP contribution in [0.25, 0.3) is 0 Å². The first-order valence-corrected chi connectivity index (χ1v) is 8.30. The lowest BCUT2D eigenvalue weighted by molar-refractivity contribution is -0.131. The molecule has 1 unspecified atom stereocenters. The number of fused-ring (bicyclic) bond motifs is 1. The number of halogens is 2. The summed E-state index contributed by atoms with van der Waals surface area (Å²) in [7, 11) is 0. The van der Waals surface area contributed by atoms with Crippen LogP contribution in [-0.2, 0) is 9.53 Å². The molecule has 1 N–H and O–H groups in total. The maximum absolute atomic E-state index is 12.8. The SMILES string of the molecule is Cl.Cl.O=C(C1CNCCO1)N1CCN(CC2CC2)c2ccccc21. The van der Waals surface area contributed by atoms with Gasteiger partial charge in [0.05, 0.1) is 18.0 Å². The topological polar surface area (TPSA) is 44.8 Å². The van der Waals surface area contributed by atoms with Crippen molar-refractivity contribution in [3.63, 3.8) is 0 Å². The van der Waals surface area contributed by atoms with Gasteiger partial charge in [0.25, 0.3) is 5.91 Å². The van der Waals surface area contributed by atoms with E-state index in [0.717, 1.165) is 37.8 Å². The number of para-hydroxylation sites is 2. The van der Waals surface area contributed by atoms with Crippen LogP contribution < -0.4 is 15.1 Å². The molecule has 0 spiro atoms. The number of rotatable bonds is 3. The first-order chi connectivity index (χ1) is 10.8. The third-order valence-electron chi connectivity index (χ3n) is 4.75. The fraction of sp³-hybridized carbons (Fsp3) is 0.588. The number of amides is 1. The van der Waals surface area contributed by atoms with E-state index in [1.807, 2.05) is 11.0 Å². The summed E-state index contributed by atoms with van der Waals surface area (Å²) in [6.07, 6.45) is 2.35. The Balaban J connectivity index is 0.00000104. The Kier molecular flexibility index (Phi) is 6.75. The van der Waals surface area contributed by atoms with Crippen LogP contribution in [0.4, 0.5) is 11.4 Å². The largest absolute Gasteiger partial charge is 0.368 e. The molecule has 1 aliphatic carbocycles. The number of benzene rings is 1. The van der Waals surface area contributed by atoms with Gasteiger partial charge in [-0.15, -0.1) is 24.8 Å². The normalized spacial score (nSPS) is 22.9. The molecule has 4 rings (SSSR count). The van der Waals surface area contributed by atoms with Crippen LogP contribution in [0.5, 0.6) is 0 Å². The number of hydrogen-bond acceptors (Lipinski definition) is 4. The van der Waals surface area contributed by atoms with Gasteiger partial charge >= 0.3 is 0 Å². The van der Waals surface area contributed by atoms with Gasteiger partial charge in [-0.2, -0.15) is 0 Å². The summed E-state index contributed by atoms with van der Waals surface area (Å²) < 4.78 is 5.64. The van der Waals surface area contributed by atoms with Crippen molar-refractivity contribution in [2.75, 3.05) is 49.1 Å². The van der Waals surface area contributed by atoms with Gasteiger partial charge in [-0.05, 0) is 30.9 Å². The second-order valence-corrected chi connectivity index (χ2v) is 6.43. The van der Waals surface area contributed by atoms with Crippen LogP contribution in [0.2, 0.25) is 0 Å². The second kappa shape index (κ2) is 8.39. The average Bonchev–Trinajstić information content (AvgIpc) is 3.39. The lowest BCUT2D eigenvalue weighted by atomic mass is 10.1.